The van der Waals surface area contributed by atoms with Crippen molar-refractivity contribution in [3.05, 3.63) is 29.8 Å². The average molecular weight is 261 g/mol. The lowest BCUT2D eigenvalue weighted by atomic mass is 10.1. The number of hydrogen-bond acceptors (Lipinski definition) is 3. The first-order chi connectivity index (χ1) is 9.40. The van der Waals surface area contributed by atoms with Crippen LogP contribution in [-0.4, -0.2) is 25.9 Å². The third kappa shape index (κ3) is 4.22. The molecule has 1 saturated heterocycles. The van der Waals surface area contributed by atoms with Crippen LogP contribution in [0.3, 0.4) is 0 Å². The van der Waals surface area contributed by atoms with E-state index in [9.17, 15) is 0 Å². The summed E-state index contributed by atoms with van der Waals surface area (Å²) in [5.74, 6) is 0.837. The molecule has 2 fully saturated rings. The van der Waals surface area contributed by atoms with E-state index in [4.69, 9.17) is 9.47 Å². The van der Waals surface area contributed by atoms with E-state index >= 15 is 0 Å². The second kappa shape index (κ2) is 6.40. The SMILES string of the molecule is c1cc(COCC2CC2)cc(NC2CCOCC2)c1. The van der Waals surface area contributed by atoms with Crippen molar-refractivity contribution >= 4 is 5.69 Å². The molecular formula is C16H23NO2. The van der Waals surface area contributed by atoms with E-state index in [1.807, 2.05) is 0 Å². The first-order valence-corrected chi connectivity index (χ1v) is 7.41. The van der Waals surface area contributed by atoms with Crippen molar-refractivity contribution in [2.24, 2.45) is 5.92 Å². The summed E-state index contributed by atoms with van der Waals surface area (Å²) < 4.78 is 11.1. The van der Waals surface area contributed by atoms with Crippen LogP contribution in [0, 0.1) is 5.92 Å². The van der Waals surface area contributed by atoms with E-state index in [1.54, 1.807) is 0 Å². The first kappa shape index (κ1) is 12.9. The quantitative estimate of drug-likeness (QED) is 0.853. The van der Waals surface area contributed by atoms with Gasteiger partial charge in [-0.15, -0.1) is 0 Å². The van der Waals surface area contributed by atoms with Crippen LogP contribution in [0.4, 0.5) is 5.69 Å². The number of benzene rings is 1. The summed E-state index contributed by atoms with van der Waals surface area (Å²) in [6, 6.07) is 9.15. The Morgan fingerprint density at radius 1 is 1.16 bits per heavy atom. The topological polar surface area (TPSA) is 30.5 Å². The molecule has 104 valence electrons. The van der Waals surface area contributed by atoms with E-state index in [-0.39, 0.29) is 0 Å². The van der Waals surface area contributed by atoms with E-state index < -0.39 is 0 Å². The molecule has 0 bridgehead atoms. The lowest BCUT2D eigenvalue weighted by Gasteiger charge is -2.24. The summed E-state index contributed by atoms with van der Waals surface area (Å²) in [7, 11) is 0. The zero-order valence-electron chi connectivity index (χ0n) is 11.4. The Morgan fingerprint density at radius 2 is 2.00 bits per heavy atom. The molecule has 1 saturated carbocycles. The highest BCUT2D eigenvalue weighted by Gasteiger charge is 2.21. The van der Waals surface area contributed by atoms with Crippen molar-refractivity contribution < 1.29 is 9.47 Å². The van der Waals surface area contributed by atoms with Gasteiger partial charge in [-0.05, 0) is 49.3 Å². The van der Waals surface area contributed by atoms with Crippen molar-refractivity contribution in [1.29, 1.82) is 0 Å². The van der Waals surface area contributed by atoms with Gasteiger partial charge in [0.05, 0.1) is 6.61 Å². The molecule has 1 heterocycles. The van der Waals surface area contributed by atoms with Gasteiger partial charge in [0.2, 0.25) is 0 Å². The van der Waals surface area contributed by atoms with Crippen LogP contribution in [0.5, 0.6) is 0 Å². The smallest absolute Gasteiger partial charge is 0.0717 e. The Hall–Kier alpha value is -1.06. The maximum Gasteiger partial charge on any atom is 0.0717 e. The van der Waals surface area contributed by atoms with Crippen molar-refractivity contribution in [2.75, 3.05) is 25.1 Å². The zero-order valence-corrected chi connectivity index (χ0v) is 11.4. The second-order valence-electron chi connectivity index (χ2n) is 5.69. The maximum absolute atomic E-state index is 5.74. The molecule has 1 aliphatic carbocycles. The normalized spacial score (nSPS) is 20.4. The van der Waals surface area contributed by atoms with Crippen molar-refractivity contribution in [3.8, 4) is 0 Å². The van der Waals surface area contributed by atoms with Crippen LogP contribution in [0.1, 0.15) is 31.2 Å². The molecule has 0 amide bonds. The van der Waals surface area contributed by atoms with Crippen LogP contribution < -0.4 is 5.32 Å². The molecule has 0 atom stereocenters. The van der Waals surface area contributed by atoms with Gasteiger partial charge in [-0.1, -0.05) is 12.1 Å². The highest BCUT2D eigenvalue weighted by Crippen LogP contribution is 2.29. The largest absolute Gasteiger partial charge is 0.382 e. The van der Waals surface area contributed by atoms with Gasteiger partial charge in [0.1, 0.15) is 0 Å². The molecule has 2 aliphatic rings. The lowest BCUT2D eigenvalue weighted by molar-refractivity contribution is 0.0904. The molecule has 3 rings (SSSR count). The molecule has 1 aromatic rings. The summed E-state index contributed by atoms with van der Waals surface area (Å²) in [5.41, 5.74) is 2.47. The van der Waals surface area contributed by atoms with Crippen molar-refractivity contribution in [1.82, 2.24) is 0 Å². The number of nitrogens with one attached hydrogen (secondary N) is 1. The van der Waals surface area contributed by atoms with E-state index in [0.29, 0.717) is 6.04 Å². The van der Waals surface area contributed by atoms with Gasteiger partial charge in [-0.2, -0.15) is 0 Å². The third-order valence-electron chi connectivity index (χ3n) is 3.84. The highest BCUT2D eigenvalue weighted by molar-refractivity contribution is 5.46. The van der Waals surface area contributed by atoms with Gasteiger partial charge in [-0.3, -0.25) is 0 Å². The van der Waals surface area contributed by atoms with Crippen LogP contribution in [0.2, 0.25) is 0 Å². The van der Waals surface area contributed by atoms with Crippen LogP contribution in [0.15, 0.2) is 24.3 Å². The minimum absolute atomic E-state index is 0.552. The van der Waals surface area contributed by atoms with Gasteiger partial charge in [0.15, 0.2) is 0 Å². The van der Waals surface area contributed by atoms with Crippen LogP contribution in [-0.2, 0) is 16.1 Å². The Bertz CT molecular complexity index is 397. The number of ether oxygens (including phenoxy) is 2. The third-order valence-corrected chi connectivity index (χ3v) is 3.84. The highest BCUT2D eigenvalue weighted by atomic mass is 16.5. The minimum atomic E-state index is 0.552. The predicted octanol–water partition coefficient (Wildman–Crippen LogP) is 3.20. The Balaban J connectivity index is 1.49. The van der Waals surface area contributed by atoms with E-state index in [0.717, 1.165) is 45.2 Å². The molecule has 0 spiro atoms. The molecule has 1 aromatic carbocycles. The molecule has 0 radical (unpaired) electrons. The minimum Gasteiger partial charge on any atom is -0.382 e. The number of hydrogen-bond donors (Lipinski definition) is 1. The summed E-state index contributed by atoms with van der Waals surface area (Å²) in [6.45, 7) is 3.42. The molecule has 0 unspecified atom stereocenters. The van der Waals surface area contributed by atoms with Gasteiger partial charge >= 0.3 is 0 Å². The van der Waals surface area contributed by atoms with Crippen LogP contribution in [0.25, 0.3) is 0 Å². The molecule has 19 heavy (non-hydrogen) atoms. The lowest BCUT2D eigenvalue weighted by Crippen LogP contribution is -2.27. The van der Waals surface area contributed by atoms with Gasteiger partial charge < -0.3 is 14.8 Å². The molecular weight excluding hydrogens is 238 g/mol. The number of anilines is 1. The molecule has 1 aliphatic heterocycles. The first-order valence-electron chi connectivity index (χ1n) is 7.41. The molecule has 3 nitrogen and oxygen atoms in total. The predicted molar refractivity (Wildman–Crippen MR) is 76.3 cm³/mol. The standard InChI is InChI=1S/C16H23NO2/c1-2-14(12-19-11-13-4-5-13)10-16(3-1)17-15-6-8-18-9-7-15/h1-3,10,13,15,17H,4-9,11-12H2. The van der Waals surface area contributed by atoms with Gasteiger partial charge in [0.25, 0.3) is 0 Å². The number of rotatable bonds is 6. The average Bonchev–Trinajstić information content (AvgIpc) is 3.25. The van der Waals surface area contributed by atoms with Gasteiger partial charge in [0, 0.05) is 31.5 Å². The fourth-order valence-electron chi connectivity index (χ4n) is 2.46. The molecule has 1 N–H and O–H groups in total. The maximum atomic E-state index is 5.74. The second-order valence-corrected chi connectivity index (χ2v) is 5.69. The molecule has 3 heteroatoms. The van der Waals surface area contributed by atoms with E-state index in [2.05, 4.69) is 29.6 Å². The van der Waals surface area contributed by atoms with E-state index in [1.165, 1.54) is 24.1 Å². The fourth-order valence-corrected chi connectivity index (χ4v) is 2.46. The summed E-state index contributed by atoms with van der Waals surface area (Å²) >= 11 is 0. The molecule has 0 aromatic heterocycles. The summed E-state index contributed by atoms with van der Waals surface area (Å²) in [5, 5.41) is 3.60. The summed E-state index contributed by atoms with van der Waals surface area (Å²) in [6.07, 6.45) is 4.90. The fraction of sp³-hybridized carbons (Fsp3) is 0.625. The van der Waals surface area contributed by atoms with Crippen molar-refractivity contribution in [3.63, 3.8) is 0 Å². The Kier molecular flexibility index (Phi) is 4.36. The van der Waals surface area contributed by atoms with Crippen LogP contribution >= 0.6 is 0 Å². The zero-order chi connectivity index (χ0) is 12.9. The Morgan fingerprint density at radius 3 is 2.79 bits per heavy atom. The Labute approximate surface area is 115 Å². The summed E-state index contributed by atoms with van der Waals surface area (Å²) in [4.78, 5) is 0. The monoisotopic (exact) mass is 261 g/mol. The van der Waals surface area contributed by atoms with Crippen molar-refractivity contribution in [2.45, 2.75) is 38.3 Å². The van der Waals surface area contributed by atoms with Gasteiger partial charge in [-0.25, -0.2) is 0 Å².